The Hall–Kier alpha value is -2.04. The number of benzene rings is 1. The smallest absolute Gasteiger partial charge is 0.224 e. The largest absolute Gasteiger partial charge is 0.377 e. The highest BCUT2D eigenvalue weighted by molar-refractivity contribution is 5.91. The minimum atomic E-state index is -0.0373. The van der Waals surface area contributed by atoms with Crippen LogP contribution >= 0.6 is 0 Å². The van der Waals surface area contributed by atoms with Gasteiger partial charge in [0, 0.05) is 51.4 Å². The summed E-state index contributed by atoms with van der Waals surface area (Å²) >= 11 is 0. The maximum atomic E-state index is 12.8. The number of hydrogen-bond acceptors (Lipinski definition) is 3. The summed E-state index contributed by atoms with van der Waals surface area (Å²) in [4.78, 5) is 28.5. The van der Waals surface area contributed by atoms with Gasteiger partial charge in [0.25, 0.3) is 0 Å². The van der Waals surface area contributed by atoms with Crippen LogP contribution in [0.15, 0.2) is 18.2 Å². The van der Waals surface area contributed by atoms with Gasteiger partial charge in [-0.25, -0.2) is 0 Å². The monoisotopic (exact) mass is 361 g/mol. The molecule has 0 unspecified atom stereocenters. The minimum absolute atomic E-state index is 0.0113. The quantitative estimate of drug-likeness (QED) is 0.752. The van der Waals surface area contributed by atoms with Crippen molar-refractivity contribution in [3.63, 3.8) is 0 Å². The van der Waals surface area contributed by atoms with Gasteiger partial charge in [0.05, 0.1) is 0 Å². The zero-order valence-electron chi connectivity index (χ0n) is 17.5. The van der Waals surface area contributed by atoms with Crippen molar-refractivity contribution in [1.29, 1.82) is 0 Å². The molecule has 0 saturated heterocycles. The fourth-order valence-corrected chi connectivity index (χ4v) is 2.81. The summed E-state index contributed by atoms with van der Waals surface area (Å²) < 4.78 is 0. The van der Waals surface area contributed by atoms with E-state index in [1.54, 1.807) is 0 Å². The normalized spacial score (nSPS) is 11.2. The lowest BCUT2D eigenvalue weighted by atomic mass is 9.91. The highest BCUT2D eigenvalue weighted by Crippen LogP contribution is 2.26. The standard InChI is InChI=1S/C21H35N3O2/c1-8-12-24(20(26)14-21(3,4)5)15-16-13-17(22-19(25)9-2)10-11-18(16)23(6)7/h10-11,13H,8-9,12,14-15H2,1-7H3,(H,22,25). The van der Waals surface area contributed by atoms with Gasteiger partial charge < -0.3 is 15.1 Å². The molecule has 0 aromatic heterocycles. The number of carbonyl (C=O) groups is 2. The van der Waals surface area contributed by atoms with E-state index in [-0.39, 0.29) is 17.2 Å². The van der Waals surface area contributed by atoms with Gasteiger partial charge in [-0.1, -0.05) is 34.6 Å². The Labute approximate surface area is 158 Å². The highest BCUT2D eigenvalue weighted by atomic mass is 16.2. The third-order valence-corrected chi connectivity index (χ3v) is 4.06. The summed E-state index contributed by atoms with van der Waals surface area (Å²) in [6, 6.07) is 5.89. The fourth-order valence-electron chi connectivity index (χ4n) is 2.81. The van der Waals surface area contributed by atoms with E-state index < -0.39 is 0 Å². The van der Waals surface area contributed by atoms with Gasteiger partial charge in [-0.2, -0.15) is 0 Å². The summed E-state index contributed by atoms with van der Waals surface area (Å²) in [6.07, 6.45) is 1.88. The summed E-state index contributed by atoms with van der Waals surface area (Å²) in [6.45, 7) is 11.4. The van der Waals surface area contributed by atoms with Gasteiger partial charge in [-0.05, 0) is 35.6 Å². The lowest BCUT2D eigenvalue weighted by molar-refractivity contribution is -0.133. The molecule has 0 heterocycles. The van der Waals surface area contributed by atoms with Gasteiger partial charge in [0.2, 0.25) is 11.8 Å². The van der Waals surface area contributed by atoms with E-state index in [2.05, 4.69) is 33.0 Å². The molecule has 1 rings (SSSR count). The number of amides is 2. The molecule has 0 spiro atoms. The Morgan fingerprint density at radius 3 is 2.27 bits per heavy atom. The second-order valence-electron chi connectivity index (χ2n) is 8.19. The zero-order chi connectivity index (χ0) is 19.9. The molecule has 0 atom stereocenters. The van der Waals surface area contributed by atoms with Crippen LogP contribution in [0.25, 0.3) is 0 Å². The first-order valence-electron chi connectivity index (χ1n) is 9.45. The predicted octanol–water partition coefficient (Wildman–Crippen LogP) is 4.28. The Bertz CT molecular complexity index is 618. The van der Waals surface area contributed by atoms with Crippen molar-refractivity contribution in [3.8, 4) is 0 Å². The van der Waals surface area contributed by atoms with Crippen molar-refractivity contribution < 1.29 is 9.59 Å². The van der Waals surface area contributed by atoms with Crippen LogP contribution in [0.3, 0.4) is 0 Å². The third-order valence-electron chi connectivity index (χ3n) is 4.06. The van der Waals surface area contributed by atoms with E-state index >= 15 is 0 Å². The predicted molar refractivity (Wildman–Crippen MR) is 109 cm³/mol. The highest BCUT2D eigenvalue weighted by Gasteiger charge is 2.22. The van der Waals surface area contributed by atoms with Crippen LogP contribution in [0, 0.1) is 5.41 Å². The molecule has 2 amide bonds. The molecule has 5 heteroatoms. The number of hydrogen-bond donors (Lipinski definition) is 1. The van der Waals surface area contributed by atoms with Crippen LogP contribution in [0.2, 0.25) is 0 Å². The molecule has 0 bridgehead atoms. The molecule has 1 aromatic rings. The number of nitrogens with zero attached hydrogens (tertiary/aromatic N) is 2. The first-order valence-corrected chi connectivity index (χ1v) is 9.45. The maximum Gasteiger partial charge on any atom is 0.224 e. The molecular formula is C21H35N3O2. The van der Waals surface area contributed by atoms with Crippen LogP contribution in [0.5, 0.6) is 0 Å². The fraction of sp³-hybridized carbons (Fsp3) is 0.619. The second-order valence-corrected chi connectivity index (χ2v) is 8.19. The SMILES string of the molecule is CCCN(Cc1cc(NC(=O)CC)ccc1N(C)C)C(=O)CC(C)(C)C. The van der Waals surface area contributed by atoms with E-state index in [1.807, 2.05) is 49.0 Å². The minimum Gasteiger partial charge on any atom is -0.377 e. The molecule has 1 aromatic carbocycles. The molecule has 0 fully saturated rings. The van der Waals surface area contributed by atoms with Gasteiger partial charge >= 0.3 is 0 Å². The van der Waals surface area contributed by atoms with E-state index in [4.69, 9.17) is 0 Å². The summed E-state index contributed by atoms with van der Waals surface area (Å²) in [5.41, 5.74) is 2.84. The van der Waals surface area contributed by atoms with Gasteiger partial charge in [0.1, 0.15) is 0 Å². The topological polar surface area (TPSA) is 52.7 Å². The average Bonchev–Trinajstić information content (AvgIpc) is 2.52. The lowest BCUT2D eigenvalue weighted by Crippen LogP contribution is -2.34. The zero-order valence-corrected chi connectivity index (χ0v) is 17.5. The summed E-state index contributed by atoms with van der Waals surface area (Å²) in [7, 11) is 3.98. The van der Waals surface area contributed by atoms with Crippen LogP contribution in [0.4, 0.5) is 11.4 Å². The molecule has 0 aliphatic rings. The Morgan fingerprint density at radius 2 is 1.77 bits per heavy atom. The molecule has 0 radical (unpaired) electrons. The van der Waals surface area contributed by atoms with E-state index in [0.29, 0.717) is 19.4 Å². The van der Waals surface area contributed by atoms with E-state index in [0.717, 1.165) is 29.9 Å². The Balaban J connectivity index is 3.12. The van der Waals surface area contributed by atoms with Gasteiger partial charge in [-0.3, -0.25) is 9.59 Å². The van der Waals surface area contributed by atoms with Crippen LogP contribution in [-0.2, 0) is 16.1 Å². The molecular weight excluding hydrogens is 326 g/mol. The molecule has 26 heavy (non-hydrogen) atoms. The Kier molecular flexibility index (Phi) is 8.12. The van der Waals surface area contributed by atoms with Crippen LogP contribution in [-0.4, -0.2) is 37.4 Å². The maximum absolute atomic E-state index is 12.8. The van der Waals surface area contributed by atoms with Crippen molar-refractivity contribution in [3.05, 3.63) is 23.8 Å². The number of anilines is 2. The first-order chi connectivity index (χ1) is 12.1. The molecule has 1 N–H and O–H groups in total. The number of nitrogens with one attached hydrogen (secondary N) is 1. The molecule has 0 aliphatic carbocycles. The van der Waals surface area contributed by atoms with Crippen molar-refractivity contribution in [2.24, 2.45) is 5.41 Å². The average molecular weight is 362 g/mol. The number of rotatable bonds is 8. The molecule has 0 aliphatic heterocycles. The molecule has 5 nitrogen and oxygen atoms in total. The van der Waals surface area contributed by atoms with Crippen molar-refractivity contribution in [2.75, 3.05) is 30.9 Å². The Morgan fingerprint density at radius 1 is 1.12 bits per heavy atom. The molecule has 146 valence electrons. The molecule has 0 saturated carbocycles. The van der Waals surface area contributed by atoms with Gasteiger partial charge in [-0.15, -0.1) is 0 Å². The summed E-state index contributed by atoms with van der Waals surface area (Å²) in [5.74, 6) is 0.162. The first kappa shape index (κ1) is 22.0. The summed E-state index contributed by atoms with van der Waals surface area (Å²) in [5, 5.41) is 2.91. The third kappa shape index (κ3) is 7.06. The second kappa shape index (κ2) is 9.60. The van der Waals surface area contributed by atoms with Crippen LogP contribution in [0.1, 0.15) is 59.4 Å². The van der Waals surface area contributed by atoms with Crippen molar-refractivity contribution in [2.45, 2.75) is 60.4 Å². The van der Waals surface area contributed by atoms with Crippen LogP contribution < -0.4 is 10.2 Å². The lowest BCUT2D eigenvalue weighted by Gasteiger charge is -2.28. The number of carbonyl (C=O) groups excluding carboxylic acids is 2. The van der Waals surface area contributed by atoms with E-state index in [1.165, 1.54) is 0 Å². The van der Waals surface area contributed by atoms with Gasteiger partial charge in [0.15, 0.2) is 0 Å². The van der Waals surface area contributed by atoms with Crippen molar-refractivity contribution >= 4 is 23.2 Å². The van der Waals surface area contributed by atoms with E-state index in [9.17, 15) is 9.59 Å². The van der Waals surface area contributed by atoms with Crippen molar-refractivity contribution in [1.82, 2.24) is 4.90 Å².